The van der Waals surface area contributed by atoms with Crippen molar-refractivity contribution >= 4 is 48.9 Å². The molecule has 0 spiro atoms. The van der Waals surface area contributed by atoms with Crippen molar-refractivity contribution in [1.82, 2.24) is 9.80 Å². The van der Waals surface area contributed by atoms with E-state index in [1.807, 2.05) is 23.1 Å². The first-order chi connectivity index (χ1) is 9.97. The molecule has 1 atom stereocenters. The number of nitrogens with two attached hydrogens (primary N) is 1. The molecule has 6 heteroatoms. The van der Waals surface area contributed by atoms with E-state index in [0.29, 0.717) is 10.6 Å². The largest absolute Gasteiger partial charge is 0.397 e. The smallest absolute Gasteiger partial charge is 0.266 e. The highest BCUT2D eigenvalue weighted by atomic mass is 79.9. The van der Waals surface area contributed by atoms with Crippen LogP contribution in [0.15, 0.2) is 22.7 Å². The third kappa shape index (κ3) is 2.67. The number of hydrogen-bond acceptors (Lipinski definition) is 4. The van der Waals surface area contributed by atoms with Crippen LogP contribution in [-0.4, -0.2) is 48.4 Å². The second-order valence-electron chi connectivity index (χ2n) is 5.60. The first-order valence-electron chi connectivity index (χ1n) is 6.94. The number of likely N-dealkylation sites (N-methyl/N-ethyl adjacent to an activating group) is 1. The molecule has 1 fully saturated rings. The quantitative estimate of drug-likeness (QED) is 0.842. The molecule has 4 nitrogen and oxygen atoms in total. The van der Waals surface area contributed by atoms with Gasteiger partial charge in [-0.15, -0.1) is 11.3 Å². The summed E-state index contributed by atoms with van der Waals surface area (Å²) in [5.74, 6) is 0.0606. The molecule has 2 N–H and O–H groups in total. The third-order valence-corrected chi connectivity index (χ3v) is 5.64. The molecule has 1 aliphatic heterocycles. The van der Waals surface area contributed by atoms with Gasteiger partial charge < -0.3 is 15.5 Å². The van der Waals surface area contributed by atoms with E-state index in [0.717, 1.165) is 34.2 Å². The van der Waals surface area contributed by atoms with Crippen LogP contribution in [0.1, 0.15) is 16.6 Å². The molecule has 1 aliphatic rings. The molecule has 1 amide bonds. The molecule has 0 bridgehead atoms. The molecule has 21 heavy (non-hydrogen) atoms. The number of benzene rings is 1. The highest BCUT2D eigenvalue weighted by molar-refractivity contribution is 9.10. The maximum absolute atomic E-state index is 12.8. The Hall–Kier alpha value is -1.11. The average Bonchev–Trinajstić information content (AvgIpc) is 2.75. The zero-order chi connectivity index (χ0) is 15.1. The predicted octanol–water partition coefficient (Wildman–Crippen LogP) is 3.02. The van der Waals surface area contributed by atoms with E-state index in [2.05, 4.69) is 34.8 Å². The van der Waals surface area contributed by atoms with Crippen LogP contribution in [-0.2, 0) is 0 Å². The first-order valence-corrected chi connectivity index (χ1v) is 8.55. The number of nitrogens with zero attached hydrogens (tertiary/aromatic N) is 2. The Labute approximate surface area is 136 Å². The number of carbonyl (C=O) groups is 1. The van der Waals surface area contributed by atoms with Crippen LogP contribution < -0.4 is 5.73 Å². The van der Waals surface area contributed by atoms with Crippen molar-refractivity contribution in [3.63, 3.8) is 0 Å². The van der Waals surface area contributed by atoms with Crippen LogP contribution >= 0.6 is 27.3 Å². The number of carbonyl (C=O) groups excluding carboxylic acids is 1. The third-order valence-electron chi connectivity index (χ3n) is 3.97. The van der Waals surface area contributed by atoms with Crippen molar-refractivity contribution < 1.29 is 4.79 Å². The summed E-state index contributed by atoms with van der Waals surface area (Å²) < 4.78 is 2.03. The summed E-state index contributed by atoms with van der Waals surface area (Å²) in [4.78, 5) is 17.7. The van der Waals surface area contributed by atoms with Crippen LogP contribution in [0.2, 0.25) is 0 Å². The second kappa shape index (κ2) is 5.59. The van der Waals surface area contributed by atoms with E-state index in [4.69, 9.17) is 5.73 Å². The minimum absolute atomic E-state index is 0.0606. The van der Waals surface area contributed by atoms with E-state index < -0.39 is 0 Å². The topological polar surface area (TPSA) is 49.6 Å². The maximum Gasteiger partial charge on any atom is 0.266 e. The fraction of sp³-hybridized carbons (Fsp3) is 0.400. The normalized spacial score (nSPS) is 20.1. The zero-order valence-electron chi connectivity index (χ0n) is 12.1. The zero-order valence-corrected chi connectivity index (χ0v) is 14.5. The lowest BCUT2D eigenvalue weighted by Gasteiger charge is -2.38. The molecule has 1 aromatic carbocycles. The van der Waals surface area contributed by atoms with Crippen LogP contribution in [0.5, 0.6) is 0 Å². The molecule has 2 heterocycles. The predicted molar refractivity (Wildman–Crippen MR) is 91.9 cm³/mol. The fourth-order valence-electron chi connectivity index (χ4n) is 2.82. The van der Waals surface area contributed by atoms with E-state index in [-0.39, 0.29) is 11.9 Å². The highest BCUT2D eigenvalue weighted by Crippen LogP contribution is 2.36. The summed E-state index contributed by atoms with van der Waals surface area (Å²) in [6.45, 7) is 4.66. The summed E-state index contributed by atoms with van der Waals surface area (Å²) in [5.41, 5.74) is 6.82. The molecule has 1 saturated heterocycles. The van der Waals surface area contributed by atoms with Crippen molar-refractivity contribution in [2.45, 2.75) is 13.0 Å². The Morgan fingerprint density at radius 1 is 1.43 bits per heavy atom. The summed E-state index contributed by atoms with van der Waals surface area (Å²) in [7, 11) is 2.09. The van der Waals surface area contributed by atoms with Crippen molar-refractivity contribution in [3.05, 3.63) is 27.5 Å². The lowest BCUT2D eigenvalue weighted by molar-refractivity contribution is 0.0539. The van der Waals surface area contributed by atoms with Crippen molar-refractivity contribution in [2.75, 3.05) is 32.4 Å². The molecule has 0 saturated carbocycles. The molecule has 112 valence electrons. The van der Waals surface area contributed by atoms with Gasteiger partial charge in [-0.1, -0.05) is 15.9 Å². The van der Waals surface area contributed by atoms with Gasteiger partial charge in [-0.3, -0.25) is 4.79 Å². The van der Waals surface area contributed by atoms with Crippen LogP contribution in [0.3, 0.4) is 0 Å². The van der Waals surface area contributed by atoms with Crippen LogP contribution in [0.25, 0.3) is 10.1 Å². The van der Waals surface area contributed by atoms with E-state index in [1.54, 1.807) is 0 Å². The average molecular weight is 368 g/mol. The van der Waals surface area contributed by atoms with Gasteiger partial charge in [0.15, 0.2) is 0 Å². The number of anilines is 1. The van der Waals surface area contributed by atoms with Gasteiger partial charge in [0.25, 0.3) is 5.91 Å². The van der Waals surface area contributed by atoms with Gasteiger partial charge in [0.2, 0.25) is 0 Å². The molecule has 0 aliphatic carbocycles. The standard InChI is InChI=1S/C15H18BrN3OS/c1-9-8-18(2)5-6-19(9)15(20)14-13(17)11-7-10(16)3-4-12(11)21-14/h3-4,7,9H,5-6,8,17H2,1-2H3. The Morgan fingerprint density at radius 3 is 2.90 bits per heavy atom. The Balaban J connectivity index is 1.96. The number of fused-ring (bicyclic) bond motifs is 1. The SMILES string of the molecule is CC1CN(C)CCN1C(=O)c1sc2ccc(Br)cc2c1N. The van der Waals surface area contributed by atoms with Gasteiger partial charge in [-0.2, -0.15) is 0 Å². The molecule has 1 unspecified atom stereocenters. The maximum atomic E-state index is 12.8. The number of rotatable bonds is 1. The number of hydrogen-bond donors (Lipinski definition) is 1. The highest BCUT2D eigenvalue weighted by Gasteiger charge is 2.29. The molecule has 0 radical (unpaired) electrons. The monoisotopic (exact) mass is 367 g/mol. The van der Waals surface area contributed by atoms with E-state index >= 15 is 0 Å². The number of amides is 1. The fourth-order valence-corrected chi connectivity index (χ4v) is 4.24. The van der Waals surface area contributed by atoms with Crippen molar-refractivity contribution in [2.24, 2.45) is 0 Å². The number of piperazine rings is 1. The van der Waals surface area contributed by atoms with Gasteiger partial charge in [0.05, 0.1) is 5.69 Å². The summed E-state index contributed by atoms with van der Waals surface area (Å²) in [6, 6.07) is 6.17. The van der Waals surface area contributed by atoms with E-state index in [9.17, 15) is 4.79 Å². The van der Waals surface area contributed by atoms with Crippen molar-refractivity contribution in [3.8, 4) is 0 Å². The molecule has 1 aromatic heterocycles. The number of thiophene rings is 1. The minimum Gasteiger partial charge on any atom is -0.397 e. The van der Waals surface area contributed by atoms with Gasteiger partial charge in [-0.25, -0.2) is 0 Å². The van der Waals surface area contributed by atoms with Crippen molar-refractivity contribution in [1.29, 1.82) is 0 Å². The Kier molecular flexibility index (Phi) is 3.94. The lowest BCUT2D eigenvalue weighted by atomic mass is 10.1. The van der Waals surface area contributed by atoms with Gasteiger partial charge in [0, 0.05) is 40.2 Å². The van der Waals surface area contributed by atoms with Gasteiger partial charge in [0.1, 0.15) is 4.88 Å². The Morgan fingerprint density at radius 2 is 2.19 bits per heavy atom. The number of nitrogen functional groups attached to an aromatic ring is 1. The first kappa shape index (κ1) is 14.8. The number of halogens is 1. The molecule has 3 rings (SSSR count). The van der Waals surface area contributed by atoms with E-state index in [1.165, 1.54) is 11.3 Å². The summed E-state index contributed by atoms with van der Waals surface area (Å²) in [6.07, 6.45) is 0. The van der Waals surface area contributed by atoms with Gasteiger partial charge in [-0.05, 0) is 32.2 Å². The van der Waals surface area contributed by atoms with Gasteiger partial charge >= 0.3 is 0 Å². The van der Waals surface area contributed by atoms with Crippen LogP contribution in [0.4, 0.5) is 5.69 Å². The summed E-state index contributed by atoms with van der Waals surface area (Å²) in [5, 5.41) is 0.958. The second-order valence-corrected chi connectivity index (χ2v) is 7.56. The summed E-state index contributed by atoms with van der Waals surface area (Å²) >= 11 is 4.94. The molecular formula is C15H18BrN3OS. The molecular weight excluding hydrogens is 350 g/mol. The molecule has 2 aromatic rings. The lowest BCUT2D eigenvalue weighted by Crippen LogP contribution is -2.52. The Bertz CT molecular complexity index is 700. The van der Waals surface area contributed by atoms with Crippen LogP contribution in [0, 0.1) is 0 Å². The minimum atomic E-state index is 0.0606.